The molecule has 1 aromatic rings. The Morgan fingerprint density at radius 3 is 2.67 bits per heavy atom. The standard InChI is InChI=1S/C8H9F3N2OS/c1-13-4-3-12-8(13)15(14)5-2-6(9)7(10)11/h2-7H,1H3. The van der Waals surface area contributed by atoms with Crippen LogP contribution in [0.1, 0.15) is 0 Å². The van der Waals surface area contributed by atoms with E-state index in [1.54, 1.807) is 13.2 Å². The second-order valence-electron chi connectivity index (χ2n) is 2.73. The summed E-state index contributed by atoms with van der Waals surface area (Å²) in [7, 11) is -0.0978. The predicted octanol–water partition coefficient (Wildman–Crippen LogP) is 1.64. The summed E-state index contributed by atoms with van der Waals surface area (Å²) in [5.74, 6) is 0. The topological polar surface area (TPSA) is 34.9 Å². The monoisotopic (exact) mass is 238 g/mol. The predicted molar refractivity (Wildman–Crippen MR) is 49.7 cm³/mol. The van der Waals surface area contributed by atoms with Gasteiger partial charge in [0.2, 0.25) is 5.16 Å². The Hall–Kier alpha value is -1.11. The third kappa shape index (κ3) is 3.19. The molecule has 0 saturated heterocycles. The van der Waals surface area contributed by atoms with E-state index in [1.165, 1.54) is 10.8 Å². The summed E-state index contributed by atoms with van der Waals surface area (Å²) in [6.07, 6.45) is -1.94. The van der Waals surface area contributed by atoms with Crippen LogP contribution in [-0.2, 0) is 17.8 Å². The van der Waals surface area contributed by atoms with Crippen LogP contribution in [-0.4, -0.2) is 26.4 Å². The zero-order valence-electron chi connectivity index (χ0n) is 7.81. The first kappa shape index (κ1) is 12.0. The molecule has 1 heterocycles. The number of alkyl halides is 3. The van der Waals surface area contributed by atoms with E-state index in [0.29, 0.717) is 6.08 Å². The molecule has 2 unspecified atom stereocenters. The van der Waals surface area contributed by atoms with E-state index >= 15 is 0 Å². The summed E-state index contributed by atoms with van der Waals surface area (Å²) < 4.78 is 48.8. The summed E-state index contributed by atoms with van der Waals surface area (Å²) in [4.78, 5) is 3.74. The van der Waals surface area contributed by atoms with E-state index in [0.717, 1.165) is 5.41 Å². The number of allylic oxidation sites excluding steroid dienone is 1. The van der Waals surface area contributed by atoms with Crippen LogP contribution in [0.3, 0.4) is 0 Å². The Bertz CT molecular complexity index is 378. The van der Waals surface area contributed by atoms with Crippen molar-refractivity contribution in [3.05, 3.63) is 23.9 Å². The van der Waals surface area contributed by atoms with Gasteiger partial charge in [-0.1, -0.05) is 0 Å². The summed E-state index contributed by atoms with van der Waals surface area (Å²) in [6, 6.07) is 0. The maximum absolute atomic E-state index is 12.4. The Labute approximate surface area is 87.1 Å². The van der Waals surface area contributed by atoms with Crippen molar-refractivity contribution < 1.29 is 17.4 Å². The number of aryl methyl sites for hydroxylation is 1. The highest BCUT2D eigenvalue weighted by molar-refractivity contribution is 7.87. The van der Waals surface area contributed by atoms with Crippen molar-refractivity contribution >= 4 is 10.8 Å². The molecule has 0 saturated carbocycles. The van der Waals surface area contributed by atoms with Gasteiger partial charge in [-0.05, 0) is 6.08 Å². The number of hydrogen-bond donors (Lipinski definition) is 0. The number of imidazole rings is 1. The number of hydrogen-bond acceptors (Lipinski definition) is 2. The normalized spacial score (nSPS) is 16.1. The first-order valence-electron chi connectivity index (χ1n) is 4.01. The average Bonchev–Trinajstić information content (AvgIpc) is 2.60. The van der Waals surface area contributed by atoms with E-state index in [4.69, 9.17) is 0 Å². The van der Waals surface area contributed by atoms with E-state index in [9.17, 15) is 17.4 Å². The number of rotatable bonds is 4. The lowest BCUT2D eigenvalue weighted by Gasteiger charge is -1.99. The van der Waals surface area contributed by atoms with Crippen LogP contribution in [0.25, 0.3) is 0 Å². The van der Waals surface area contributed by atoms with Crippen molar-refractivity contribution in [3.63, 3.8) is 0 Å². The van der Waals surface area contributed by atoms with Crippen molar-refractivity contribution in [2.75, 3.05) is 0 Å². The van der Waals surface area contributed by atoms with Crippen molar-refractivity contribution in [1.29, 1.82) is 0 Å². The number of halogens is 3. The fourth-order valence-corrected chi connectivity index (χ4v) is 1.76. The highest BCUT2D eigenvalue weighted by Crippen LogP contribution is 2.09. The first-order chi connectivity index (χ1) is 7.02. The fraction of sp³-hybridized carbons (Fsp3) is 0.375. The molecule has 3 nitrogen and oxygen atoms in total. The summed E-state index contributed by atoms with van der Waals surface area (Å²) >= 11 is 0. The molecule has 0 N–H and O–H groups in total. The summed E-state index contributed by atoms with van der Waals surface area (Å²) in [5, 5.41) is 1.06. The molecule has 0 radical (unpaired) electrons. The SMILES string of the molecule is Cn1ccnc1S(=O)C=CC(F)C(F)F. The Kier molecular flexibility index (Phi) is 4.07. The zero-order chi connectivity index (χ0) is 11.4. The van der Waals surface area contributed by atoms with E-state index < -0.39 is 23.4 Å². The zero-order valence-corrected chi connectivity index (χ0v) is 8.63. The molecular formula is C8H9F3N2OS. The maximum atomic E-state index is 12.4. The lowest BCUT2D eigenvalue weighted by atomic mass is 10.4. The molecule has 0 spiro atoms. The van der Waals surface area contributed by atoms with Crippen LogP contribution in [0.2, 0.25) is 0 Å². The number of aromatic nitrogens is 2. The van der Waals surface area contributed by atoms with Crippen molar-refractivity contribution in [2.24, 2.45) is 7.05 Å². The Morgan fingerprint density at radius 2 is 2.20 bits per heavy atom. The molecule has 1 aromatic heterocycles. The first-order valence-corrected chi connectivity index (χ1v) is 5.22. The van der Waals surface area contributed by atoms with Crippen LogP contribution >= 0.6 is 0 Å². The minimum absolute atomic E-state index is 0.188. The molecule has 15 heavy (non-hydrogen) atoms. The third-order valence-corrected chi connectivity index (χ3v) is 2.74. The van der Waals surface area contributed by atoms with Gasteiger partial charge >= 0.3 is 0 Å². The minimum atomic E-state index is -3.10. The molecule has 0 aromatic carbocycles. The van der Waals surface area contributed by atoms with E-state index in [2.05, 4.69) is 4.98 Å². The molecule has 7 heteroatoms. The molecule has 0 bridgehead atoms. The maximum Gasteiger partial charge on any atom is 0.272 e. The van der Waals surface area contributed by atoms with Crippen molar-refractivity contribution in [1.82, 2.24) is 9.55 Å². The van der Waals surface area contributed by atoms with Gasteiger partial charge in [0.05, 0.1) is 0 Å². The fourth-order valence-electron chi connectivity index (χ4n) is 0.837. The van der Waals surface area contributed by atoms with Gasteiger partial charge in [0.15, 0.2) is 6.17 Å². The van der Waals surface area contributed by atoms with Gasteiger partial charge in [0.25, 0.3) is 6.43 Å². The van der Waals surface area contributed by atoms with Crippen LogP contribution < -0.4 is 0 Å². The van der Waals surface area contributed by atoms with Crippen LogP contribution in [0.4, 0.5) is 13.2 Å². The van der Waals surface area contributed by atoms with E-state index in [1.807, 2.05) is 0 Å². The van der Waals surface area contributed by atoms with Gasteiger partial charge in [-0.3, -0.25) is 0 Å². The Balaban J connectivity index is 2.68. The van der Waals surface area contributed by atoms with Gasteiger partial charge in [-0.15, -0.1) is 0 Å². The highest BCUT2D eigenvalue weighted by Gasteiger charge is 2.16. The van der Waals surface area contributed by atoms with Gasteiger partial charge in [-0.25, -0.2) is 22.4 Å². The molecular weight excluding hydrogens is 229 g/mol. The lowest BCUT2D eigenvalue weighted by Crippen LogP contribution is -2.08. The van der Waals surface area contributed by atoms with Crippen LogP contribution in [0.15, 0.2) is 29.0 Å². The van der Waals surface area contributed by atoms with Gasteiger partial charge < -0.3 is 4.57 Å². The molecule has 2 atom stereocenters. The average molecular weight is 238 g/mol. The molecule has 0 aliphatic carbocycles. The van der Waals surface area contributed by atoms with Gasteiger partial charge in [0, 0.05) is 24.8 Å². The molecule has 0 aliphatic rings. The second kappa shape index (κ2) is 5.11. The second-order valence-corrected chi connectivity index (χ2v) is 3.96. The van der Waals surface area contributed by atoms with Gasteiger partial charge in [-0.2, -0.15) is 0 Å². The molecule has 0 aliphatic heterocycles. The van der Waals surface area contributed by atoms with Crippen molar-refractivity contribution in [2.45, 2.75) is 17.8 Å². The largest absolute Gasteiger partial charge is 0.327 e. The van der Waals surface area contributed by atoms with Crippen molar-refractivity contribution in [3.8, 4) is 0 Å². The highest BCUT2D eigenvalue weighted by atomic mass is 32.2. The quantitative estimate of drug-likeness (QED) is 0.799. The van der Waals surface area contributed by atoms with Gasteiger partial charge in [0.1, 0.15) is 10.8 Å². The molecule has 84 valence electrons. The number of nitrogens with zero attached hydrogens (tertiary/aromatic N) is 2. The summed E-state index contributed by atoms with van der Waals surface area (Å²) in [6.45, 7) is 0. The smallest absolute Gasteiger partial charge is 0.272 e. The summed E-state index contributed by atoms with van der Waals surface area (Å²) in [5.41, 5.74) is 0. The molecule has 1 rings (SSSR count). The lowest BCUT2D eigenvalue weighted by molar-refractivity contribution is 0.0751. The molecule has 0 amide bonds. The minimum Gasteiger partial charge on any atom is -0.327 e. The Morgan fingerprint density at radius 1 is 1.53 bits per heavy atom. The molecule has 0 fully saturated rings. The van der Waals surface area contributed by atoms with Crippen LogP contribution in [0, 0.1) is 0 Å². The van der Waals surface area contributed by atoms with Crippen LogP contribution in [0.5, 0.6) is 0 Å². The van der Waals surface area contributed by atoms with E-state index in [-0.39, 0.29) is 5.16 Å². The third-order valence-electron chi connectivity index (χ3n) is 1.58.